The number of carbonyl (C=O) groups excluding carboxylic acids is 2. The number of benzene rings is 2. The average molecular weight is 774 g/mol. The molecule has 2 aliphatic carbocycles. The van der Waals surface area contributed by atoms with Gasteiger partial charge in [-0.15, -0.1) is 0 Å². The Labute approximate surface area is 316 Å². The lowest BCUT2D eigenvalue weighted by Gasteiger charge is -2.32. The summed E-state index contributed by atoms with van der Waals surface area (Å²) in [5, 5.41) is 8.32. The van der Waals surface area contributed by atoms with Crippen molar-refractivity contribution in [1.82, 2.24) is 19.6 Å². The summed E-state index contributed by atoms with van der Waals surface area (Å²) in [4.78, 5) is 23.4. The van der Waals surface area contributed by atoms with Crippen LogP contribution in [0.3, 0.4) is 0 Å². The molecule has 0 saturated carbocycles. The summed E-state index contributed by atoms with van der Waals surface area (Å²) in [6.07, 6.45) is 12.6. The van der Waals surface area contributed by atoms with Crippen molar-refractivity contribution in [3.05, 3.63) is 99.1 Å². The van der Waals surface area contributed by atoms with E-state index in [1.807, 2.05) is 131 Å². The van der Waals surface area contributed by atoms with Crippen molar-refractivity contribution in [2.24, 2.45) is 14.1 Å². The first-order valence-corrected chi connectivity index (χ1v) is 18.5. The smallest absolute Gasteiger partial charge is 0.463 e. The maximum absolute atomic E-state index is 11.9. The van der Waals surface area contributed by atoms with Gasteiger partial charge in [-0.2, -0.15) is 10.2 Å². The van der Waals surface area contributed by atoms with Gasteiger partial charge in [0, 0.05) is 72.2 Å². The van der Waals surface area contributed by atoms with Gasteiger partial charge in [0.25, 0.3) is 0 Å². The van der Waals surface area contributed by atoms with E-state index in [9.17, 15) is 9.59 Å². The Hall–Kier alpha value is -4.26. The summed E-state index contributed by atoms with van der Waals surface area (Å²) in [5.41, 5.74) is 8.59. The van der Waals surface area contributed by atoms with Crippen molar-refractivity contribution in [3.8, 4) is 11.1 Å². The van der Waals surface area contributed by atoms with E-state index in [-0.39, 0.29) is 30.3 Å². The molecule has 0 N–H and O–H groups in total. The fourth-order valence-corrected chi connectivity index (χ4v) is 6.30. The number of esters is 2. The standard InChI is InChI=1S/C16H16N2O2.C12H11BrO2.C10H17BN2O2.C2H6/c1-3-20-16(19)12-7-11-5-4-6-14(15(11)8-12)13-9-17-18(2)10-13;1-2-15-12(14)9-6-8-4-3-5-11(13)10(8)7-9;1-9(2)10(3,4)15-11(14-9)8-6-12-13(5)7-8;1-2/h4-7,9-10H,3,8H2,1-2H3;3-6H,2,7H2,1H3;6-7H,1-5H3;1-2H3. The van der Waals surface area contributed by atoms with Gasteiger partial charge in [-0.05, 0) is 87.6 Å². The quantitative estimate of drug-likeness (QED) is 0.149. The van der Waals surface area contributed by atoms with Crippen molar-refractivity contribution in [2.45, 2.75) is 79.4 Å². The van der Waals surface area contributed by atoms with E-state index < -0.39 is 0 Å². The number of hydrogen-bond donors (Lipinski definition) is 0. The second-order valence-corrected chi connectivity index (χ2v) is 14.1. The highest BCUT2D eigenvalue weighted by molar-refractivity contribution is 9.10. The molecule has 10 nitrogen and oxygen atoms in total. The van der Waals surface area contributed by atoms with E-state index in [2.05, 4.69) is 32.2 Å². The lowest BCUT2D eigenvalue weighted by atomic mass is 9.82. The first kappa shape index (κ1) is 40.5. The Kier molecular flexibility index (Phi) is 13.6. The molecule has 1 fully saturated rings. The molecule has 1 saturated heterocycles. The van der Waals surface area contributed by atoms with Gasteiger partial charge in [0.15, 0.2) is 0 Å². The van der Waals surface area contributed by atoms with E-state index >= 15 is 0 Å². The second kappa shape index (κ2) is 17.5. The zero-order chi connectivity index (χ0) is 38.2. The largest absolute Gasteiger partial charge is 0.498 e. The predicted molar refractivity (Wildman–Crippen MR) is 210 cm³/mol. The maximum atomic E-state index is 11.9. The third-order valence-electron chi connectivity index (χ3n) is 9.10. The number of nitrogens with zero attached hydrogens (tertiary/aromatic N) is 4. The van der Waals surface area contributed by atoms with E-state index in [1.165, 1.54) is 11.1 Å². The molecule has 3 heterocycles. The minimum atomic E-state index is -0.302. The molecule has 276 valence electrons. The van der Waals surface area contributed by atoms with Crippen LogP contribution in [0.1, 0.15) is 77.6 Å². The molecule has 4 aromatic rings. The number of rotatable bonds is 6. The number of aromatic nitrogens is 4. The van der Waals surface area contributed by atoms with Crippen LogP contribution in [0.5, 0.6) is 0 Å². The summed E-state index contributed by atoms with van der Waals surface area (Å²) in [7, 11) is 3.48. The van der Waals surface area contributed by atoms with E-state index in [4.69, 9.17) is 18.8 Å². The molecule has 0 amide bonds. The summed E-state index contributed by atoms with van der Waals surface area (Å²) in [6, 6.07) is 12.1. The van der Waals surface area contributed by atoms with Crippen LogP contribution in [0.2, 0.25) is 0 Å². The first-order chi connectivity index (χ1) is 24.7. The molecule has 2 aromatic heterocycles. The second-order valence-electron chi connectivity index (χ2n) is 13.3. The van der Waals surface area contributed by atoms with Crippen molar-refractivity contribution < 1.29 is 28.4 Å². The monoisotopic (exact) mass is 772 g/mol. The fourth-order valence-electron chi connectivity index (χ4n) is 5.77. The van der Waals surface area contributed by atoms with Gasteiger partial charge < -0.3 is 18.8 Å². The van der Waals surface area contributed by atoms with Crippen molar-refractivity contribution in [3.63, 3.8) is 0 Å². The van der Waals surface area contributed by atoms with Crippen molar-refractivity contribution in [1.29, 1.82) is 0 Å². The molecule has 52 heavy (non-hydrogen) atoms. The molecular formula is C40H50BBrN4O6. The fraction of sp³-hybridized carbons (Fsp3) is 0.400. The highest BCUT2D eigenvalue weighted by Crippen LogP contribution is 2.37. The number of carbonyl (C=O) groups is 2. The van der Waals surface area contributed by atoms with Crippen LogP contribution >= 0.6 is 15.9 Å². The predicted octanol–water partition coefficient (Wildman–Crippen LogP) is 7.29. The molecule has 1 aliphatic heterocycles. The number of hydrogen-bond acceptors (Lipinski definition) is 8. The Bertz CT molecular complexity index is 1930. The van der Waals surface area contributed by atoms with Crippen molar-refractivity contribution >= 4 is 52.6 Å². The number of aryl methyl sites for hydroxylation is 2. The Balaban J connectivity index is 0.000000173. The summed E-state index contributed by atoms with van der Waals surface area (Å²) in [6.45, 7) is 16.6. The van der Waals surface area contributed by atoms with Crippen LogP contribution in [0.4, 0.5) is 0 Å². The van der Waals surface area contributed by atoms with E-state index in [1.54, 1.807) is 15.6 Å². The van der Waals surface area contributed by atoms with Crippen molar-refractivity contribution in [2.75, 3.05) is 13.2 Å². The molecular weight excluding hydrogens is 723 g/mol. The Morgan fingerprint density at radius 3 is 1.77 bits per heavy atom. The molecule has 2 aromatic carbocycles. The van der Waals surface area contributed by atoms with Gasteiger partial charge in [-0.1, -0.05) is 60.1 Å². The normalized spacial score (nSPS) is 15.7. The van der Waals surface area contributed by atoms with E-state index in [0.29, 0.717) is 26.1 Å². The molecule has 7 rings (SSSR count). The highest BCUT2D eigenvalue weighted by Gasteiger charge is 2.52. The minimum absolute atomic E-state index is 0.208. The average Bonchev–Trinajstić information content (AvgIpc) is 3.94. The Morgan fingerprint density at radius 2 is 1.29 bits per heavy atom. The van der Waals surface area contributed by atoms with Crippen LogP contribution in [0.15, 0.2) is 76.8 Å². The topological polar surface area (TPSA) is 107 Å². The van der Waals surface area contributed by atoms with E-state index in [0.717, 1.165) is 43.3 Å². The van der Waals surface area contributed by atoms with Gasteiger partial charge in [-0.25, -0.2) is 9.59 Å². The van der Waals surface area contributed by atoms with Gasteiger partial charge in [0.1, 0.15) is 0 Å². The third kappa shape index (κ3) is 9.39. The number of fused-ring (bicyclic) bond motifs is 2. The molecule has 0 spiro atoms. The molecule has 0 bridgehead atoms. The number of halogens is 1. The van der Waals surface area contributed by atoms with Gasteiger partial charge >= 0.3 is 19.1 Å². The van der Waals surface area contributed by atoms with Crippen LogP contribution < -0.4 is 5.46 Å². The van der Waals surface area contributed by atoms with Crippen LogP contribution in [0, 0.1) is 0 Å². The summed E-state index contributed by atoms with van der Waals surface area (Å²) < 4.78 is 26.4. The lowest BCUT2D eigenvalue weighted by molar-refractivity contribution is -0.139. The van der Waals surface area contributed by atoms with Gasteiger partial charge in [0.05, 0.1) is 30.6 Å². The molecule has 0 unspecified atom stereocenters. The minimum Gasteiger partial charge on any atom is -0.463 e. The third-order valence-corrected chi connectivity index (χ3v) is 9.85. The lowest BCUT2D eigenvalue weighted by Crippen LogP contribution is -2.41. The van der Waals surface area contributed by atoms with Crippen LogP contribution in [0.25, 0.3) is 23.3 Å². The Morgan fingerprint density at radius 1 is 0.788 bits per heavy atom. The summed E-state index contributed by atoms with van der Waals surface area (Å²) >= 11 is 3.48. The first-order valence-electron chi connectivity index (χ1n) is 17.7. The number of ether oxygens (including phenoxy) is 2. The van der Waals surface area contributed by atoms with Gasteiger partial charge in [0.2, 0.25) is 0 Å². The zero-order valence-electron chi connectivity index (χ0n) is 32.0. The highest BCUT2D eigenvalue weighted by atomic mass is 79.9. The molecule has 3 aliphatic rings. The van der Waals surface area contributed by atoms with Crippen LogP contribution in [-0.2, 0) is 55.3 Å². The van der Waals surface area contributed by atoms with Gasteiger partial charge in [-0.3, -0.25) is 9.36 Å². The zero-order valence-corrected chi connectivity index (χ0v) is 33.5. The SMILES string of the molecule is CC.CCOC(=O)C1=Cc2cccc(-c3cnn(C)c3)c2C1.CCOC(=O)C1=Cc2cccc(Br)c2C1.Cn1cc(B2OC(C)(C)C(C)(C)O2)cn1. The molecule has 0 radical (unpaired) electrons. The maximum Gasteiger partial charge on any atom is 0.498 e. The van der Waals surface area contributed by atoms with Crippen LogP contribution in [-0.4, -0.2) is 63.0 Å². The molecule has 12 heteroatoms. The molecule has 0 atom stereocenters. The summed E-state index contributed by atoms with van der Waals surface area (Å²) in [5.74, 6) is -0.429.